The van der Waals surface area contributed by atoms with E-state index in [2.05, 4.69) is 10.1 Å². The minimum atomic E-state index is -4.74. The molecular formula is C11H10F5N5O4S2. The molecule has 9 nitrogen and oxygen atoms in total. The van der Waals surface area contributed by atoms with Crippen LogP contribution in [0.5, 0.6) is 0 Å². The number of benzene rings is 1. The Kier molecular flexibility index (Phi) is 5.56. The summed E-state index contributed by atoms with van der Waals surface area (Å²) >= 11 is 0. The van der Waals surface area contributed by atoms with E-state index < -0.39 is 66.6 Å². The number of nitrogens with zero attached hydrogens (tertiary/aromatic N) is 4. The molecule has 0 saturated carbocycles. The summed E-state index contributed by atoms with van der Waals surface area (Å²) in [4.78, 5) is 3.24. The molecule has 150 valence electrons. The quantitative estimate of drug-likeness (QED) is 0.391. The highest BCUT2D eigenvalue weighted by Crippen LogP contribution is 2.23. The van der Waals surface area contributed by atoms with E-state index in [0.29, 0.717) is 10.6 Å². The first kappa shape index (κ1) is 21.1. The first-order valence-corrected chi connectivity index (χ1v) is 9.53. The number of halogens is 5. The van der Waals surface area contributed by atoms with Gasteiger partial charge in [-0.2, -0.15) is 12.7 Å². The minimum Gasteiger partial charge on any atom is -0.204 e. The van der Waals surface area contributed by atoms with E-state index in [1.54, 1.807) is 0 Å². The van der Waals surface area contributed by atoms with Gasteiger partial charge in [0.15, 0.2) is 23.3 Å². The monoisotopic (exact) mass is 435 g/mol. The highest BCUT2D eigenvalue weighted by Gasteiger charge is 2.29. The molecule has 0 unspecified atom stereocenters. The van der Waals surface area contributed by atoms with Gasteiger partial charge in [0.2, 0.25) is 5.82 Å². The van der Waals surface area contributed by atoms with Crippen molar-refractivity contribution in [3.8, 4) is 0 Å². The van der Waals surface area contributed by atoms with Crippen molar-refractivity contribution in [3.05, 3.63) is 41.0 Å². The molecule has 1 aromatic carbocycles. The van der Waals surface area contributed by atoms with Gasteiger partial charge in [-0.3, -0.25) is 0 Å². The molecule has 0 aliphatic heterocycles. The Hall–Kier alpha value is -2.17. The molecule has 1 N–H and O–H groups in total. The molecule has 0 spiro atoms. The van der Waals surface area contributed by atoms with Crippen molar-refractivity contribution < 1.29 is 38.8 Å². The zero-order valence-corrected chi connectivity index (χ0v) is 15.0. The highest BCUT2D eigenvalue weighted by atomic mass is 32.2. The van der Waals surface area contributed by atoms with Crippen LogP contribution in [0.2, 0.25) is 0 Å². The highest BCUT2D eigenvalue weighted by molar-refractivity contribution is 7.89. The SMILES string of the molecule is CN(C)S(=O)(=O)n1cnc(S(=O)(=O)NCc2c(F)c(F)c(F)c(F)c2F)n1. The van der Waals surface area contributed by atoms with Gasteiger partial charge in [-0.1, -0.05) is 0 Å². The average Bonchev–Trinajstić information content (AvgIpc) is 3.10. The van der Waals surface area contributed by atoms with Gasteiger partial charge in [0.25, 0.3) is 15.2 Å². The number of aromatic nitrogens is 3. The normalized spacial score (nSPS) is 12.7. The van der Waals surface area contributed by atoms with Crippen molar-refractivity contribution in [1.82, 2.24) is 23.2 Å². The zero-order valence-electron chi connectivity index (χ0n) is 13.4. The molecule has 27 heavy (non-hydrogen) atoms. The van der Waals surface area contributed by atoms with E-state index in [1.807, 2.05) is 0 Å². The lowest BCUT2D eigenvalue weighted by atomic mass is 10.1. The lowest BCUT2D eigenvalue weighted by Crippen LogP contribution is -2.30. The molecule has 2 aromatic rings. The van der Waals surface area contributed by atoms with Gasteiger partial charge in [0.05, 0.1) is 0 Å². The van der Waals surface area contributed by atoms with Crippen LogP contribution in [-0.2, 0) is 26.8 Å². The summed E-state index contributed by atoms with van der Waals surface area (Å²) in [6, 6.07) is 0. The molecule has 0 bridgehead atoms. The second-order valence-electron chi connectivity index (χ2n) is 5.06. The predicted octanol–water partition coefficient (Wildman–Crippen LogP) is 0.107. The Balaban J connectivity index is 2.34. The van der Waals surface area contributed by atoms with Crippen molar-refractivity contribution in [2.24, 2.45) is 0 Å². The average molecular weight is 435 g/mol. The van der Waals surface area contributed by atoms with Crippen molar-refractivity contribution >= 4 is 20.2 Å². The van der Waals surface area contributed by atoms with E-state index in [4.69, 9.17) is 0 Å². The molecule has 16 heteroatoms. The minimum absolute atomic E-state index is 0.208. The lowest BCUT2D eigenvalue weighted by Gasteiger charge is -2.10. The summed E-state index contributed by atoms with van der Waals surface area (Å²) in [5, 5.41) is 2.11. The van der Waals surface area contributed by atoms with E-state index in [-0.39, 0.29) is 4.09 Å². The van der Waals surface area contributed by atoms with E-state index >= 15 is 0 Å². The summed E-state index contributed by atoms with van der Waals surface area (Å²) in [6.07, 6.45) is 0.544. The van der Waals surface area contributed by atoms with Crippen LogP contribution in [0.3, 0.4) is 0 Å². The molecule has 2 rings (SSSR count). The maximum Gasteiger partial charge on any atom is 0.323 e. The fourth-order valence-corrected chi connectivity index (χ4v) is 3.25. The molecule has 0 amide bonds. The largest absolute Gasteiger partial charge is 0.323 e. The number of hydrogen-bond acceptors (Lipinski definition) is 6. The molecule has 0 aliphatic rings. The van der Waals surface area contributed by atoms with Crippen molar-refractivity contribution in [2.45, 2.75) is 11.7 Å². The second-order valence-corrected chi connectivity index (χ2v) is 8.72. The Morgan fingerprint density at radius 1 is 0.963 bits per heavy atom. The molecular weight excluding hydrogens is 425 g/mol. The molecule has 0 radical (unpaired) electrons. The second kappa shape index (κ2) is 7.10. The van der Waals surface area contributed by atoms with Crippen molar-refractivity contribution in [1.29, 1.82) is 0 Å². The molecule has 0 saturated heterocycles. The van der Waals surface area contributed by atoms with E-state index in [9.17, 15) is 38.8 Å². The fourth-order valence-electron chi connectivity index (χ4n) is 1.67. The fraction of sp³-hybridized carbons (Fsp3) is 0.273. The van der Waals surface area contributed by atoms with Gasteiger partial charge in [-0.15, -0.1) is 9.19 Å². The van der Waals surface area contributed by atoms with Crippen LogP contribution in [0.25, 0.3) is 0 Å². The van der Waals surface area contributed by atoms with E-state index in [1.165, 1.54) is 4.72 Å². The van der Waals surface area contributed by atoms with Crippen LogP contribution >= 0.6 is 0 Å². The van der Waals surface area contributed by atoms with Gasteiger partial charge < -0.3 is 0 Å². The van der Waals surface area contributed by atoms with Crippen LogP contribution in [-0.4, -0.2) is 49.4 Å². The van der Waals surface area contributed by atoms with Gasteiger partial charge >= 0.3 is 10.2 Å². The molecule has 0 atom stereocenters. The molecule has 0 fully saturated rings. The summed E-state index contributed by atoms with van der Waals surface area (Å²) in [5.74, 6) is -11.3. The van der Waals surface area contributed by atoms with Crippen LogP contribution in [0.15, 0.2) is 11.5 Å². The first-order valence-electron chi connectivity index (χ1n) is 6.65. The number of hydrogen-bond donors (Lipinski definition) is 1. The molecule has 1 aromatic heterocycles. The Morgan fingerprint density at radius 2 is 1.44 bits per heavy atom. The third-order valence-corrected chi connectivity index (χ3v) is 5.89. The van der Waals surface area contributed by atoms with Gasteiger partial charge in [-0.05, 0) is 0 Å². The van der Waals surface area contributed by atoms with Gasteiger partial charge in [0, 0.05) is 26.2 Å². The van der Waals surface area contributed by atoms with Gasteiger partial charge in [-0.25, -0.2) is 40.1 Å². The Labute approximate surface area is 149 Å². The topological polar surface area (TPSA) is 114 Å². The Bertz CT molecular complexity index is 1070. The van der Waals surface area contributed by atoms with E-state index in [0.717, 1.165) is 14.1 Å². The first-order chi connectivity index (χ1) is 12.3. The van der Waals surface area contributed by atoms with Crippen molar-refractivity contribution in [2.75, 3.05) is 14.1 Å². The van der Waals surface area contributed by atoms with Crippen LogP contribution < -0.4 is 4.72 Å². The van der Waals surface area contributed by atoms with Crippen molar-refractivity contribution in [3.63, 3.8) is 0 Å². The predicted molar refractivity (Wildman–Crippen MR) is 78.3 cm³/mol. The maximum atomic E-state index is 13.6. The number of sulfonamides is 1. The third-order valence-electron chi connectivity index (χ3n) is 3.13. The van der Waals surface area contributed by atoms with Crippen LogP contribution in [0.1, 0.15) is 5.56 Å². The van der Waals surface area contributed by atoms with Gasteiger partial charge in [0.1, 0.15) is 6.33 Å². The maximum absolute atomic E-state index is 13.6. The number of rotatable bonds is 6. The lowest BCUT2D eigenvalue weighted by molar-refractivity contribution is 0.369. The summed E-state index contributed by atoms with van der Waals surface area (Å²) in [5.41, 5.74) is -1.43. The summed E-state index contributed by atoms with van der Waals surface area (Å²) < 4.78 is 116. The third kappa shape index (κ3) is 3.78. The Morgan fingerprint density at radius 3 is 1.93 bits per heavy atom. The smallest absolute Gasteiger partial charge is 0.204 e. The zero-order chi connectivity index (χ0) is 20.7. The summed E-state index contributed by atoms with van der Waals surface area (Å²) in [7, 11) is -6.67. The van der Waals surface area contributed by atoms with Crippen LogP contribution in [0.4, 0.5) is 22.0 Å². The number of nitrogens with one attached hydrogen (secondary N) is 1. The van der Waals surface area contributed by atoms with Crippen LogP contribution in [0, 0.1) is 29.1 Å². The molecule has 0 aliphatic carbocycles. The summed E-state index contributed by atoms with van der Waals surface area (Å²) in [6.45, 7) is -1.33. The molecule has 1 heterocycles. The standard InChI is InChI=1S/C11H10F5N5O4S2/c1-20(2)27(24,25)21-4-17-11(19-21)26(22,23)18-3-5-6(12)8(14)10(16)9(15)7(5)13/h4,18H,3H2,1-2H3.